The highest BCUT2D eigenvalue weighted by atomic mass is 32.2. The van der Waals surface area contributed by atoms with Crippen LogP contribution in [0.25, 0.3) is 0 Å². The molecule has 0 bridgehead atoms. The highest BCUT2D eigenvalue weighted by molar-refractivity contribution is 7.97. The summed E-state index contributed by atoms with van der Waals surface area (Å²) in [4.78, 5) is 4.08. The molecule has 0 aromatic heterocycles. The van der Waals surface area contributed by atoms with E-state index >= 15 is 0 Å². The van der Waals surface area contributed by atoms with Gasteiger partial charge in [0.2, 0.25) is 0 Å². The van der Waals surface area contributed by atoms with Crippen molar-refractivity contribution in [3.63, 3.8) is 0 Å². The van der Waals surface area contributed by atoms with Crippen LogP contribution in [0.3, 0.4) is 0 Å². The zero-order valence-corrected chi connectivity index (χ0v) is 21.9. The molecule has 0 atom stereocenters. The minimum absolute atomic E-state index is 0.0146. The molecule has 0 aliphatic heterocycles. The predicted molar refractivity (Wildman–Crippen MR) is 141 cm³/mol. The maximum absolute atomic E-state index is 11.8. The zero-order valence-electron chi connectivity index (χ0n) is 20.3. The van der Waals surface area contributed by atoms with Crippen molar-refractivity contribution in [2.24, 2.45) is 5.84 Å². The molecule has 4 rings (SSSR count). The number of hydrogen-bond acceptors (Lipinski definition) is 5. The molecule has 4 aromatic rings. The van der Waals surface area contributed by atoms with Gasteiger partial charge in [-0.05, 0) is 48.5 Å². The van der Waals surface area contributed by atoms with E-state index in [4.69, 9.17) is 5.84 Å². The Morgan fingerprint density at radius 1 is 0.641 bits per heavy atom. The first-order valence-electron chi connectivity index (χ1n) is 11.1. The Balaban J connectivity index is 0.000000229. The van der Waals surface area contributed by atoms with E-state index in [1.807, 2.05) is 30.3 Å². The molecule has 0 aliphatic rings. The van der Waals surface area contributed by atoms with Crippen molar-refractivity contribution in [3.05, 3.63) is 121 Å². The molecule has 12 heteroatoms. The van der Waals surface area contributed by atoms with Gasteiger partial charge < -0.3 is 9.98 Å². The van der Waals surface area contributed by atoms with Crippen LogP contribution in [0.1, 0.15) is 6.42 Å². The summed E-state index contributed by atoms with van der Waals surface area (Å²) in [6.45, 7) is 0. The zero-order chi connectivity index (χ0) is 28.9. The van der Waals surface area contributed by atoms with E-state index in [1.54, 1.807) is 0 Å². The van der Waals surface area contributed by atoms with Crippen molar-refractivity contribution in [2.75, 3.05) is 5.43 Å². The maximum Gasteiger partial charge on any atom is 0.395 e. The topological polar surface area (TPSA) is 95.2 Å². The Bertz CT molecular complexity index is 1250. The summed E-state index contributed by atoms with van der Waals surface area (Å²) < 4.78 is 85.8. The van der Waals surface area contributed by atoms with Crippen LogP contribution in [-0.2, 0) is 21.0 Å². The number of benzene rings is 4. The van der Waals surface area contributed by atoms with Gasteiger partial charge in [0.25, 0.3) is 0 Å². The van der Waals surface area contributed by atoms with Crippen LogP contribution < -0.4 is 11.3 Å². The highest BCUT2D eigenvalue weighted by Crippen LogP contribution is 2.34. The summed E-state index contributed by atoms with van der Waals surface area (Å²) in [5, 5.41) is -5.29. The van der Waals surface area contributed by atoms with E-state index in [9.17, 15) is 34.9 Å². The van der Waals surface area contributed by atoms with E-state index in [1.165, 1.54) is 14.7 Å². The average Bonchev–Trinajstić information content (AvgIpc) is 2.90. The summed E-state index contributed by atoms with van der Waals surface area (Å²) >= 11 is 0. The van der Waals surface area contributed by atoms with Crippen LogP contribution in [0.5, 0.6) is 0 Å². The van der Waals surface area contributed by atoms with Gasteiger partial charge >= 0.3 is 11.4 Å². The van der Waals surface area contributed by atoms with Gasteiger partial charge in [0, 0.05) is 5.69 Å². The lowest BCUT2D eigenvalue weighted by Crippen LogP contribution is -2.34. The van der Waals surface area contributed by atoms with Gasteiger partial charge in [-0.2, -0.15) is 22.0 Å². The summed E-state index contributed by atoms with van der Waals surface area (Å²) in [7, 11) is -6.25. The minimum Gasteiger partial charge on any atom is -0.743 e. The Kier molecular flexibility index (Phi) is 11.9. The van der Waals surface area contributed by atoms with Gasteiger partial charge in [-0.1, -0.05) is 72.8 Å². The van der Waals surface area contributed by atoms with Crippen molar-refractivity contribution in [1.29, 1.82) is 0 Å². The molecule has 4 aromatic carbocycles. The largest absolute Gasteiger partial charge is 0.743 e. The lowest BCUT2D eigenvalue weighted by Gasteiger charge is -2.20. The Hall–Kier alpha value is -3.45. The van der Waals surface area contributed by atoms with Crippen molar-refractivity contribution in [2.45, 2.75) is 32.5 Å². The molecule has 5 nitrogen and oxygen atoms in total. The molecule has 0 spiro atoms. The van der Waals surface area contributed by atoms with Gasteiger partial charge in [-0.25, -0.2) is 8.42 Å². The molecular weight excluding hydrogens is 559 g/mol. The van der Waals surface area contributed by atoms with Gasteiger partial charge in [0.1, 0.15) is 6.42 Å². The van der Waals surface area contributed by atoms with E-state index < -0.39 is 28.0 Å². The Labute approximate surface area is 226 Å². The molecule has 0 amide bonds. The molecular formula is C27H25F5N2O3S2. The smallest absolute Gasteiger partial charge is 0.395 e. The Morgan fingerprint density at radius 2 is 0.949 bits per heavy atom. The normalized spacial score (nSPS) is 11.5. The summed E-state index contributed by atoms with van der Waals surface area (Å²) in [6, 6.07) is 41.8. The predicted octanol–water partition coefficient (Wildman–Crippen LogP) is 6.83. The number of nitrogens with one attached hydrogen (secondary N) is 1. The van der Waals surface area contributed by atoms with Crippen LogP contribution in [0.2, 0.25) is 0 Å². The molecule has 0 fully saturated rings. The standard InChI is InChI=1S/C18H15S.C6H8N2.C3H3F5O3S/c1-4-10-16(11-5-1)19(17-12-6-2-7-13-17)18-14-8-3-9-15-18;7-8-6-4-2-1-3-5-6;4-2(5,6)1-3(7,8)12(9,10)11/h1-15H;1-5,8H,7H2;1H2,(H,9,10,11)/q+1;;/p-1. The maximum atomic E-state index is 11.8. The van der Waals surface area contributed by atoms with Crippen LogP contribution in [0, 0.1) is 0 Å². The minimum atomic E-state index is -6.24. The first kappa shape index (κ1) is 31.8. The number of halogens is 5. The van der Waals surface area contributed by atoms with Gasteiger partial charge in [0.05, 0.1) is 10.9 Å². The first-order chi connectivity index (χ1) is 18.3. The van der Waals surface area contributed by atoms with Crippen LogP contribution in [0.15, 0.2) is 136 Å². The number of hydrazine groups is 1. The van der Waals surface area contributed by atoms with Crippen LogP contribution >= 0.6 is 0 Å². The second-order valence-corrected chi connectivity index (χ2v) is 11.2. The molecule has 0 radical (unpaired) electrons. The van der Waals surface area contributed by atoms with Gasteiger partial charge in [0.15, 0.2) is 24.8 Å². The fourth-order valence-electron chi connectivity index (χ4n) is 2.93. The molecule has 3 N–H and O–H groups in total. The number of anilines is 1. The quantitative estimate of drug-likeness (QED) is 0.0852. The first-order valence-corrected chi connectivity index (χ1v) is 13.8. The fourth-order valence-corrected chi connectivity index (χ4v) is 5.38. The van der Waals surface area contributed by atoms with Crippen molar-refractivity contribution in [1.82, 2.24) is 0 Å². The third-order valence-electron chi connectivity index (χ3n) is 4.65. The number of alkyl halides is 5. The molecule has 0 aliphatic carbocycles. The Morgan fingerprint density at radius 3 is 1.15 bits per heavy atom. The average molecular weight is 585 g/mol. The van der Waals surface area contributed by atoms with Crippen molar-refractivity contribution >= 4 is 26.7 Å². The number of hydrogen-bond donors (Lipinski definition) is 2. The van der Waals surface area contributed by atoms with E-state index in [0.29, 0.717) is 0 Å². The lowest BCUT2D eigenvalue weighted by atomic mass is 10.3. The van der Waals surface area contributed by atoms with E-state index in [0.717, 1.165) is 5.69 Å². The molecule has 0 heterocycles. The molecule has 0 saturated heterocycles. The van der Waals surface area contributed by atoms with Gasteiger partial charge in [-0.15, -0.1) is 0 Å². The number of para-hydroxylation sites is 1. The summed E-state index contributed by atoms with van der Waals surface area (Å²) in [5.74, 6) is 5.10. The second-order valence-electron chi connectivity index (χ2n) is 7.64. The number of nitrogens with two attached hydrogens (primary N) is 1. The third-order valence-corrected chi connectivity index (χ3v) is 7.76. The van der Waals surface area contributed by atoms with Crippen molar-refractivity contribution in [3.8, 4) is 0 Å². The third kappa shape index (κ3) is 11.1. The lowest BCUT2D eigenvalue weighted by molar-refractivity contribution is -0.168. The molecule has 0 unspecified atom stereocenters. The highest BCUT2D eigenvalue weighted by Gasteiger charge is 2.48. The summed E-state index contributed by atoms with van der Waals surface area (Å²) in [5.41, 5.74) is 3.46. The summed E-state index contributed by atoms with van der Waals surface area (Å²) in [6.07, 6.45) is -8.34. The van der Waals surface area contributed by atoms with Crippen LogP contribution in [0.4, 0.5) is 27.6 Å². The molecule has 208 valence electrons. The number of nitrogen functional groups attached to an aromatic ring is 1. The fraction of sp³-hybridized carbons (Fsp3) is 0.111. The van der Waals surface area contributed by atoms with E-state index in [2.05, 4.69) is 96.4 Å². The molecule has 0 saturated carbocycles. The number of rotatable bonds is 6. The van der Waals surface area contributed by atoms with Crippen LogP contribution in [-0.4, -0.2) is 24.4 Å². The SMILES string of the molecule is NNc1ccccc1.O=S(=O)([O-])C(F)(F)CC(F)(F)F.c1ccc([S+](c2ccccc2)c2ccccc2)cc1. The van der Waals surface area contributed by atoms with Crippen molar-refractivity contribution < 1.29 is 34.9 Å². The molecule has 39 heavy (non-hydrogen) atoms. The second kappa shape index (κ2) is 14.6. The van der Waals surface area contributed by atoms with E-state index in [-0.39, 0.29) is 10.9 Å². The monoisotopic (exact) mass is 584 g/mol. The van der Waals surface area contributed by atoms with Gasteiger partial charge in [-0.3, -0.25) is 5.84 Å².